The molecule has 0 aromatic carbocycles. The molecule has 1 aromatic rings. The second-order valence-corrected chi connectivity index (χ2v) is 6.73. The molecule has 36 heavy (non-hydrogen) atoms. The Morgan fingerprint density at radius 1 is 1.25 bits per heavy atom. The summed E-state index contributed by atoms with van der Waals surface area (Å²) in [6.45, 7) is 11.7. The molecule has 196 valence electrons. The molecule has 0 atom stereocenters. The first-order chi connectivity index (χ1) is 17.4. The number of ether oxygens (including phenoxy) is 3. The maximum Gasteiger partial charge on any atom is 0.321 e. The molecule has 2 heterocycles. The number of rotatable bonds is 9. The zero-order valence-corrected chi connectivity index (χ0v) is 21.8. The molecule has 1 aliphatic rings. The predicted octanol–water partition coefficient (Wildman–Crippen LogP) is 2.47. The molecule has 10 heteroatoms. The number of nitrogens with zero attached hydrogens (tertiary/aromatic N) is 2. The number of aromatic nitrogens is 1. The lowest BCUT2D eigenvalue weighted by Gasteiger charge is -2.12. The van der Waals surface area contributed by atoms with Crippen molar-refractivity contribution in [3.05, 3.63) is 53.6 Å². The molecule has 0 aliphatic carbocycles. The van der Waals surface area contributed by atoms with E-state index in [0.717, 1.165) is 17.7 Å². The normalized spacial score (nSPS) is 11.8. The number of likely N-dealkylation sites (N-methyl/N-ethyl adjacent to an activating group) is 1. The van der Waals surface area contributed by atoms with E-state index >= 15 is 0 Å². The summed E-state index contributed by atoms with van der Waals surface area (Å²) < 4.78 is 14.9. The van der Waals surface area contributed by atoms with E-state index in [4.69, 9.17) is 14.2 Å². The number of hydrogen-bond acceptors (Lipinski definition) is 7. The Kier molecular flexibility index (Phi) is 17.0. The average molecular weight is 501 g/mol. The fraction of sp³-hybridized carbons (Fsp3) is 0.385. The molecule has 1 aromatic heterocycles. The van der Waals surface area contributed by atoms with E-state index in [-0.39, 0.29) is 5.91 Å². The predicted molar refractivity (Wildman–Crippen MR) is 139 cm³/mol. The highest BCUT2D eigenvalue weighted by Gasteiger charge is 2.25. The third kappa shape index (κ3) is 11.4. The van der Waals surface area contributed by atoms with Gasteiger partial charge >= 0.3 is 6.03 Å². The van der Waals surface area contributed by atoms with Gasteiger partial charge in [0.25, 0.3) is 5.91 Å². The van der Waals surface area contributed by atoms with E-state index in [1.54, 1.807) is 52.2 Å². The summed E-state index contributed by atoms with van der Waals surface area (Å²) in [6.07, 6.45) is 5.81. The van der Waals surface area contributed by atoms with Gasteiger partial charge in [-0.3, -0.25) is 14.9 Å². The van der Waals surface area contributed by atoms with E-state index in [1.165, 1.54) is 0 Å². The van der Waals surface area contributed by atoms with Crippen molar-refractivity contribution < 1.29 is 28.6 Å². The van der Waals surface area contributed by atoms with Crippen molar-refractivity contribution in [3.63, 3.8) is 0 Å². The smallest absolute Gasteiger partial charge is 0.321 e. The molecule has 0 saturated heterocycles. The SMILES string of the molecule is C=CC1=C(/C=C\COC)CN(CC)C1=O.CC#Cc1ccc(OC)nc1OC.CCNC(=O)NC=O. The highest BCUT2D eigenvalue weighted by molar-refractivity contribution is 6.00. The van der Waals surface area contributed by atoms with Crippen LogP contribution in [0.2, 0.25) is 0 Å². The van der Waals surface area contributed by atoms with Crippen molar-refractivity contribution in [1.29, 1.82) is 0 Å². The van der Waals surface area contributed by atoms with Crippen molar-refractivity contribution in [2.24, 2.45) is 0 Å². The van der Waals surface area contributed by atoms with Gasteiger partial charge in [0, 0.05) is 38.4 Å². The van der Waals surface area contributed by atoms with Crippen molar-refractivity contribution >= 4 is 18.3 Å². The number of amides is 4. The Bertz CT molecular complexity index is 992. The van der Waals surface area contributed by atoms with Crippen molar-refractivity contribution in [2.75, 3.05) is 47.6 Å². The first-order valence-electron chi connectivity index (χ1n) is 11.2. The highest BCUT2D eigenvalue weighted by Crippen LogP contribution is 2.20. The van der Waals surface area contributed by atoms with Gasteiger partial charge in [-0.05, 0) is 32.4 Å². The van der Waals surface area contributed by atoms with Gasteiger partial charge < -0.3 is 24.4 Å². The minimum Gasteiger partial charge on any atom is -0.481 e. The maximum absolute atomic E-state index is 11.7. The first-order valence-corrected chi connectivity index (χ1v) is 11.2. The molecular weight excluding hydrogens is 464 g/mol. The molecule has 0 radical (unpaired) electrons. The Labute approximate surface area is 213 Å². The highest BCUT2D eigenvalue weighted by atomic mass is 16.5. The summed E-state index contributed by atoms with van der Waals surface area (Å²) in [4.78, 5) is 37.3. The molecule has 4 amide bonds. The van der Waals surface area contributed by atoms with Gasteiger partial charge in [-0.25, -0.2) is 4.79 Å². The van der Waals surface area contributed by atoms with E-state index in [2.05, 4.69) is 28.7 Å². The summed E-state index contributed by atoms with van der Waals surface area (Å²) in [7, 11) is 4.76. The molecule has 0 spiro atoms. The quantitative estimate of drug-likeness (QED) is 0.395. The van der Waals surface area contributed by atoms with Gasteiger partial charge in [0.2, 0.25) is 18.2 Å². The Morgan fingerprint density at radius 3 is 2.47 bits per heavy atom. The number of imide groups is 1. The number of pyridine rings is 1. The monoisotopic (exact) mass is 500 g/mol. The number of nitrogens with one attached hydrogen (secondary N) is 2. The molecule has 2 N–H and O–H groups in total. The molecule has 2 rings (SSSR count). The second-order valence-electron chi connectivity index (χ2n) is 6.73. The van der Waals surface area contributed by atoms with Gasteiger partial charge in [-0.1, -0.05) is 30.7 Å². The third-order valence-corrected chi connectivity index (χ3v) is 4.42. The van der Waals surface area contributed by atoms with Crippen LogP contribution in [0, 0.1) is 11.8 Å². The third-order valence-electron chi connectivity index (χ3n) is 4.42. The molecule has 0 unspecified atom stereocenters. The molecule has 10 nitrogen and oxygen atoms in total. The van der Waals surface area contributed by atoms with Crippen molar-refractivity contribution in [2.45, 2.75) is 20.8 Å². The maximum atomic E-state index is 11.7. The first kappa shape index (κ1) is 31.9. The van der Waals surface area contributed by atoms with E-state index in [1.807, 2.05) is 30.5 Å². The van der Waals surface area contributed by atoms with Gasteiger partial charge in [0.1, 0.15) is 0 Å². The van der Waals surface area contributed by atoms with Crippen LogP contribution in [-0.2, 0) is 14.3 Å². The number of carbonyl (C=O) groups is 3. The number of carbonyl (C=O) groups excluding carboxylic acids is 3. The van der Waals surface area contributed by atoms with E-state index < -0.39 is 6.03 Å². The Balaban J connectivity index is 0.000000535. The van der Waals surface area contributed by atoms with Gasteiger partial charge in [0.05, 0.1) is 26.4 Å². The molecule has 0 bridgehead atoms. The summed E-state index contributed by atoms with van der Waals surface area (Å²) >= 11 is 0. The lowest BCUT2D eigenvalue weighted by Crippen LogP contribution is -2.34. The van der Waals surface area contributed by atoms with Gasteiger partial charge in [-0.2, -0.15) is 4.98 Å². The minimum atomic E-state index is -0.456. The number of urea groups is 1. The summed E-state index contributed by atoms with van der Waals surface area (Å²) in [5.41, 5.74) is 2.50. The van der Waals surface area contributed by atoms with E-state index in [9.17, 15) is 14.4 Å². The van der Waals surface area contributed by atoms with Crippen LogP contribution in [-0.4, -0.2) is 75.8 Å². The number of hydrogen-bond donors (Lipinski definition) is 2. The molecule has 0 fully saturated rings. The topological polar surface area (TPSA) is 119 Å². The average Bonchev–Trinajstić information content (AvgIpc) is 3.19. The van der Waals surface area contributed by atoms with Crippen LogP contribution in [0.15, 0.2) is 48.1 Å². The zero-order valence-electron chi connectivity index (χ0n) is 21.8. The summed E-state index contributed by atoms with van der Waals surface area (Å²) in [5.74, 6) is 6.76. The van der Waals surface area contributed by atoms with Crippen LogP contribution >= 0.6 is 0 Å². The number of methoxy groups -OCH3 is 3. The zero-order chi connectivity index (χ0) is 27.3. The second kappa shape index (κ2) is 19.2. The fourth-order valence-corrected chi connectivity index (χ4v) is 2.76. The van der Waals surface area contributed by atoms with Crippen molar-refractivity contribution in [3.8, 4) is 23.6 Å². The van der Waals surface area contributed by atoms with Crippen LogP contribution in [0.4, 0.5) is 4.79 Å². The largest absolute Gasteiger partial charge is 0.481 e. The summed E-state index contributed by atoms with van der Waals surface area (Å²) in [5, 5.41) is 4.28. The fourth-order valence-electron chi connectivity index (χ4n) is 2.76. The van der Waals surface area contributed by atoms with Crippen LogP contribution in [0.25, 0.3) is 0 Å². The van der Waals surface area contributed by atoms with Crippen LogP contribution < -0.4 is 20.1 Å². The lowest BCUT2D eigenvalue weighted by molar-refractivity contribution is -0.125. The van der Waals surface area contributed by atoms with Gasteiger partial charge in [0.15, 0.2) is 0 Å². The standard InChI is InChI=1S/C12H17NO2.C10H11NO2.C4H8N2O2/c1-4-11-10(7-6-8-15-3)9-13(5-2)12(11)14;1-4-5-8-6-7-9(12-2)11-10(8)13-3;1-2-5-4(8)6-3-7/h4,6-7H,1,5,8-9H2,2-3H3;6-7H,1-3H3;3H,2H2,1H3,(H2,5,6,7,8)/b7-6-;;. The van der Waals surface area contributed by atoms with Crippen LogP contribution in [0.1, 0.15) is 26.3 Å². The Morgan fingerprint density at radius 2 is 1.97 bits per heavy atom. The lowest BCUT2D eigenvalue weighted by atomic mass is 10.1. The van der Waals surface area contributed by atoms with Crippen LogP contribution in [0.5, 0.6) is 11.8 Å². The molecule has 0 saturated carbocycles. The molecular formula is C26H36N4O6. The van der Waals surface area contributed by atoms with E-state index in [0.29, 0.717) is 43.4 Å². The van der Waals surface area contributed by atoms with Gasteiger partial charge in [-0.15, -0.1) is 5.92 Å². The van der Waals surface area contributed by atoms with Crippen molar-refractivity contribution in [1.82, 2.24) is 20.5 Å². The molecule has 1 aliphatic heterocycles. The summed E-state index contributed by atoms with van der Waals surface area (Å²) in [6, 6.07) is 3.12. The van der Waals surface area contributed by atoms with Crippen LogP contribution in [0.3, 0.4) is 0 Å². The Hall–Kier alpha value is -4.10. The minimum absolute atomic E-state index is 0.0737.